The molecule has 3 rings (SSSR count). The van der Waals surface area contributed by atoms with Crippen molar-refractivity contribution < 1.29 is 22.3 Å². The molecular weight excluding hydrogens is 393 g/mol. The predicted molar refractivity (Wildman–Crippen MR) is 98.6 cm³/mol. The van der Waals surface area contributed by atoms with Crippen LogP contribution in [0.5, 0.6) is 5.75 Å². The molecule has 0 unspecified atom stereocenters. The maximum absolute atomic E-state index is 13.1. The quantitative estimate of drug-likeness (QED) is 0.415. The maximum Gasteiger partial charge on any atom is 0.453 e. The average Bonchev–Trinajstić information content (AvgIpc) is 3.26. The summed E-state index contributed by atoms with van der Waals surface area (Å²) in [6.45, 7) is 3.92. The van der Waals surface area contributed by atoms with Gasteiger partial charge < -0.3 is 9.15 Å². The van der Waals surface area contributed by atoms with E-state index in [1.165, 1.54) is 6.21 Å². The second-order valence-corrected chi connectivity index (χ2v) is 6.88. The summed E-state index contributed by atoms with van der Waals surface area (Å²) >= 11 is 1.11. The molecule has 0 amide bonds. The zero-order valence-corrected chi connectivity index (χ0v) is 15.9. The Morgan fingerprint density at radius 2 is 2.00 bits per heavy atom. The highest BCUT2D eigenvalue weighted by Crippen LogP contribution is 2.30. The molecule has 148 valence electrons. The van der Waals surface area contributed by atoms with Gasteiger partial charge in [-0.15, -0.1) is 10.2 Å². The van der Waals surface area contributed by atoms with Gasteiger partial charge in [-0.25, -0.2) is 0 Å². The third kappa shape index (κ3) is 4.75. The monoisotopic (exact) mass is 410 g/mol. The van der Waals surface area contributed by atoms with Crippen LogP contribution in [0, 0.1) is 6.92 Å². The summed E-state index contributed by atoms with van der Waals surface area (Å²) in [5, 5.41) is 10.7. The lowest BCUT2D eigenvalue weighted by Gasteiger charge is -2.06. The number of nitrogens with zero attached hydrogens (tertiary/aromatic N) is 4. The molecule has 0 saturated carbocycles. The molecule has 0 spiro atoms. The summed E-state index contributed by atoms with van der Waals surface area (Å²) in [6, 6.07) is 10.8. The van der Waals surface area contributed by atoms with Crippen molar-refractivity contribution in [2.45, 2.75) is 31.8 Å². The number of furan rings is 1. The Hall–Kier alpha value is -2.75. The summed E-state index contributed by atoms with van der Waals surface area (Å²) in [7, 11) is 0. The first-order valence-electron chi connectivity index (χ1n) is 8.35. The Balaban J connectivity index is 1.74. The fraction of sp³-hybridized carbons (Fsp3) is 0.278. The largest absolute Gasteiger partial charge is 0.485 e. The fourth-order valence-corrected chi connectivity index (χ4v) is 2.90. The minimum absolute atomic E-state index is 0.0562. The molecule has 0 aliphatic carbocycles. The molecule has 0 bridgehead atoms. The number of para-hydroxylation sites is 1. The van der Waals surface area contributed by atoms with Crippen molar-refractivity contribution in [1.82, 2.24) is 14.9 Å². The van der Waals surface area contributed by atoms with E-state index >= 15 is 0 Å². The molecule has 10 heteroatoms. The number of hydrogen-bond acceptors (Lipinski definition) is 6. The van der Waals surface area contributed by atoms with Crippen molar-refractivity contribution in [2.75, 3.05) is 5.75 Å². The van der Waals surface area contributed by atoms with E-state index in [0.717, 1.165) is 23.1 Å². The number of benzene rings is 1. The zero-order chi connectivity index (χ0) is 20.1. The molecule has 28 heavy (non-hydrogen) atoms. The number of halogens is 3. The Labute approximate surface area is 163 Å². The second kappa shape index (κ2) is 8.51. The van der Waals surface area contributed by atoms with Crippen molar-refractivity contribution in [3.63, 3.8) is 0 Å². The molecule has 6 nitrogen and oxygen atoms in total. The summed E-state index contributed by atoms with van der Waals surface area (Å²) < 4.78 is 51.1. The summed E-state index contributed by atoms with van der Waals surface area (Å²) in [4.78, 5) is 0. The second-order valence-electron chi connectivity index (χ2n) is 5.65. The first-order valence-corrected chi connectivity index (χ1v) is 9.34. The van der Waals surface area contributed by atoms with E-state index in [4.69, 9.17) is 9.15 Å². The van der Waals surface area contributed by atoms with E-state index < -0.39 is 12.0 Å². The zero-order valence-electron chi connectivity index (χ0n) is 15.1. The van der Waals surface area contributed by atoms with Crippen molar-refractivity contribution in [3.8, 4) is 5.75 Å². The van der Waals surface area contributed by atoms with Gasteiger partial charge >= 0.3 is 6.18 Å². The van der Waals surface area contributed by atoms with Gasteiger partial charge in [0.1, 0.15) is 23.9 Å². The molecular formula is C18H17F3N4O2S. The van der Waals surface area contributed by atoms with E-state index in [1.54, 1.807) is 19.1 Å². The highest BCUT2D eigenvalue weighted by Gasteiger charge is 2.38. The molecule has 0 aliphatic rings. The van der Waals surface area contributed by atoms with E-state index in [1.807, 2.05) is 31.2 Å². The van der Waals surface area contributed by atoms with E-state index in [2.05, 4.69) is 15.3 Å². The van der Waals surface area contributed by atoms with Crippen LogP contribution in [-0.2, 0) is 12.8 Å². The lowest BCUT2D eigenvalue weighted by atomic mass is 10.2. The van der Waals surface area contributed by atoms with Crippen LogP contribution in [-0.4, -0.2) is 26.8 Å². The van der Waals surface area contributed by atoms with Crippen LogP contribution in [0.15, 0.2) is 51.1 Å². The van der Waals surface area contributed by atoms with E-state index in [0.29, 0.717) is 16.2 Å². The third-order valence-electron chi connectivity index (χ3n) is 3.59. The van der Waals surface area contributed by atoms with Crippen LogP contribution in [0.4, 0.5) is 13.2 Å². The molecule has 0 atom stereocenters. The number of ether oxygens (including phenoxy) is 1. The van der Waals surface area contributed by atoms with E-state index in [9.17, 15) is 13.2 Å². The SMILES string of the molecule is CCSc1nnc(C(F)(F)F)n1/N=C\c1ccc(COc2ccccc2C)o1. The third-order valence-corrected chi connectivity index (χ3v) is 4.39. The summed E-state index contributed by atoms with van der Waals surface area (Å²) in [5.41, 5.74) is 0.990. The van der Waals surface area contributed by atoms with Gasteiger partial charge in [0.2, 0.25) is 5.16 Å². The van der Waals surface area contributed by atoms with Crippen LogP contribution in [0.1, 0.15) is 29.8 Å². The topological polar surface area (TPSA) is 65.4 Å². The predicted octanol–water partition coefficient (Wildman–Crippen LogP) is 4.77. The minimum atomic E-state index is -4.66. The number of alkyl halides is 3. The molecule has 3 aromatic rings. The summed E-state index contributed by atoms with van der Waals surface area (Å²) in [5.74, 6) is 0.890. The highest BCUT2D eigenvalue weighted by atomic mass is 32.2. The Kier molecular flexibility index (Phi) is 6.08. The van der Waals surface area contributed by atoms with Crippen molar-refractivity contribution in [1.29, 1.82) is 0 Å². The van der Waals surface area contributed by atoms with Crippen molar-refractivity contribution in [2.24, 2.45) is 5.10 Å². The van der Waals surface area contributed by atoms with Crippen LogP contribution in [0.25, 0.3) is 0 Å². The minimum Gasteiger partial charge on any atom is -0.485 e. The lowest BCUT2D eigenvalue weighted by molar-refractivity contribution is -0.147. The number of aromatic nitrogens is 3. The Morgan fingerprint density at radius 1 is 1.21 bits per heavy atom. The van der Waals surface area contributed by atoms with Crippen LogP contribution < -0.4 is 4.74 Å². The lowest BCUT2D eigenvalue weighted by Crippen LogP contribution is -2.13. The van der Waals surface area contributed by atoms with Crippen LogP contribution in [0.2, 0.25) is 0 Å². The molecule has 0 aliphatic heterocycles. The van der Waals surface area contributed by atoms with Crippen LogP contribution in [0.3, 0.4) is 0 Å². The Bertz CT molecular complexity index is 966. The first-order chi connectivity index (χ1) is 13.4. The van der Waals surface area contributed by atoms with E-state index in [-0.39, 0.29) is 17.5 Å². The molecule has 2 aromatic heterocycles. The van der Waals surface area contributed by atoms with Gasteiger partial charge in [0.05, 0.1) is 6.21 Å². The molecule has 0 fully saturated rings. The van der Waals surface area contributed by atoms with Gasteiger partial charge in [0.15, 0.2) is 0 Å². The van der Waals surface area contributed by atoms with Gasteiger partial charge in [0, 0.05) is 0 Å². The number of thioether (sulfide) groups is 1. The maximum atomic E-state index is 13.1. The smallest absolute Gasteiger partial charge is 0.453 e. The fourth-order valence-electron chi connectivity index (χ4n) is 2.29. The van der Waals surface area contributed by atoms with Gasteiger partial charge in [-0.2, -0.15) is 22.9 Å². The highest BCUT2D eigenvalue weighted by molar-refractivity contribution is 7.99. The number of aryl methyl sites for hydroxylation is 1. The summed E-state index contributed by atoms with van der Waals surface area (Å²) in [6.07, 6.45) is -3.47. The number of rotatable bonds is 7. The molecule has 0 N–H and O–H groups in total. The number of hydrogen-bond donors (Lipinski definition) is 0. The molecule has 0 saturated heterocycles. The standard InChI is InChI=1S/C18H17F3N4O2S/c1-3-28-17-24-23-16(18(19,20)21)25(17)22-10-13-8-9-14(27-13)11-26-15-7-5-4-6-12(15)2/h4-10H,3,11H2,1-2H3/b22-10-. The molecule has 2 heterocycles. The molecule has 0 radical (unpaired) electrons. The van der Waals surface area contributed by atoms with Gasteiger partial charge in [-0.05, 0) is 36.4 Å². The Morgan fingerprint density at radius 3 is 2.71 bits per heavy atom. The molecule has 1 aromatic carbocycles. The average molecular weight is 410 g/mol. The van der Waals surface area contributed by atoms with Crippen molar-refractivity contribution >= 4 is 18.0 Å². The van der Waals surface area contributed by atoms with Gasteiger partial charge in [-0.3, -0.25) is 0 Å². The normalized spacial score (nSPS) is 12.0. The first kappa shape index (κ1) is 20.0. The van der Waals surface area contributed by atoms with Gasteiger partial charge in [-0.1, -0.05) is 36.9 Å². The van der Waals surface area contributed by atoms with Gasteiger partial charge in [0.25, 0.3) is 5.82 Å². The van der Waals surface area contributed by atoms with Crippen molar-refractivity contribution in [3.05, 3.63) is 59.3 Å². The van der Waals surface area contributed by atoms with Crippen LogP contribution >= 0.6 is 11.8 Å².